The molecular weight excluding hydrogens is 325 g/mol. The monoisotopic (exact) mass is 334 g/mol. The van der Waals surface area contributed by atoms with Gasteiger partial charge >= 0.3 is 6.18 Å². The van der Waals surface area contributed by atoms with E-state index in [9.17, 15) is 13.2 Å². The number of nitrogens with zero attached hydrogens (tertiary/aromatic N) is 2. The van der Waals surface area contributed by atoms with E-state index in [0.29, 0.717) is 16.8 Å². The maximum atomic E-state index is 12.7. The fourth-order valence-electron chi connectivity index (χ4n) is 2.24. The lowest BCUT2D eigenvalue weighted by molar-refractivity contribution is -0.137. The Balaban J connectivity index is 2.10. The molecule has 3 aromatic rings. The van der Waals surface area contributed by atoms with Gasteiger partial charge in [0.25, 0.3) is 0 Å². The van der Waals surface area contributed by atoms with Crippen LogP contribution in [0.5, 0.6) is 0 Å². The molecule has 0 N–H and O–H groups in total. The summed E-state index contributed by atoms with van der Waals surface area (Å²) in [6, 6.07) is 15.8. The number of benzene rings is 2. The predicted octanol–water partition coefficient (Wildman–Crippen LogP) is 5.48. The average Bonchev–Trinajstić information content (AvgIpc) is 2.55. The van der Waals surface area contributed by atoms with Crippen LogP contribution in [0.25, 0.3) is 22.4 Å². The molecule has 3 rings (SSSR count). The van der Waals surface area contributed by atoms with Crippen LogP contribution >= 0.6 is 11.6 Å². The van der Waals surface area contributed by atoms with Gasteiger partial charge in [0.05, 0.1) is 5.56 Å². The Hall–Kier alpha value is -2.40. The van der Waals surface area contributed by atoms with Crippen LogP contribution in [0.3, 0.4) is 0 Å². The van der Waals surface area contributed by atoms with Crippen molar-refractivity contribution in [1.82, 2.24) is 10.2 Å². The van der Waals surface area contributed by atoms with Gasteiger partial charge in [0.15, 0.2) is 5.15 Å². The molecule has 0 spiro atoms. The van der Waals surface area contributed by atoms with Crippen molar-refractivity contribution in [1.29, 1.82) is 0 Å². The molecule has 0 atom stereocenters. The minimum Gasteiger partial charge on any atom is -0.166 e. The number of hydrogen-bond donors (Lipinski definition) is 0. The second-order valence-corrected chi connectivity index (χ2v) is 5.26. The first-order valence-electron chi connectivity index (χ1n) is 6.71. The van der Waals surface area contributed by atoms with Crippen molar-refractivity contribution >= 4 is 11.6 Å². The molecule has 0 saturated carbocycles. The summed E-state index contributed by atoms with van der Waals surface area (Å²) in [4.78, 5) is 0. The number of aromatic nitrogens is 2. The molecule has 1 aromatic heterocycles. The van der Waals surface area contributed by atoms with E-state index in [4.69, 9.17) is 11.6 Å². The van der Waals surface area contributed by atoms with Crippen molar-refractivity contribution in [2.45, 2.75) is 6.18 Å². The molecule has 0 bridgehead atoms. The van der Waals surface area contributed by atoms with Crippen LogP contribution in [0.4, 0.5) is 13.2 Å². The zero-order chi connectivity index (χ0) is 16.4. The normalized spacial score (nSPS) is 11.5. The Kier molecular flexibility index (Phi) is 4.05. The molecule has 0 aliphatic rings. The van der Waals surface area contributed by atoms with E-state index in [1.807, 2.05) is 30.3 Å². The van der Waals surface area contributed by atoms with Gasteiger partial charge < -0.3 is 0 Å². The lowest BCUT2D eigenvalue weighted by Crippen LogP contribution is -2.04. The standard InChI is InChI=1S/C17H10ClF3N2/c18-15-10-14(11-4-2-1-3-5-11)16(23-22-15)12-6-8-13(9-7-12)17(19,20)21/h1-10H. The Morgan fingerprint density at radius 3 is 2.04 bits per heavy atom. The van der Waals surface area contributed by atoms with E-state index >= 15 is 0 Å². The Morgan fingerprint density at radius 2 is 1.43 bits per heavy atom. The minimum absolute atomic E-state index is 0.222. The van der Waals surface area contributed by atoms with Gasteiger partial charge in [0.2, 0.25) is 0 Å². The van der Waals surface area contributed by atoms with E-state index < -0.39 is 11.7 Å². The van der Waals surface area contributed by atoms with Crippen molar-refractivity contribution in [3.8, 4) is 22.4 Å². The minimum atomic E-state index is -4.37. The van der Waals surface area contributed by atoms with E-state index in [0.717, 1.165) is 17.7 Å². The molecule has 0 fully saturated rings. The lowest BCUT2D eigenvalue weighted by Gasteiger charge is -2.10. The zero-order valence-electron chi connectivity index (χ0n) is 11.7. The molecule has 1 heterocycles. The SMILES string of the molecule is FC(F)(F)c1ccc(-c2nnc(Cl)cc2-c2ccccc2)cc1. The maximum Gasteiger partial charge on any atom is 0.416 e. The van der Waals surface area contributed by atoms with Gasteiger partial charge in [-0.15, -0.1) is 10.2 Å². The number of halogens is 4. The molecule has 0 unspecified atom stereocenters. The summed E-state index contributed by atoms with van der Waals surface area (Å²) in [7, 11) is 0. The maximum absolute atomic E-state index is 12.7. The summed E-state index contributed by atoms with van der Waals surface area (Å²) in [5, 5.41) is 8.08. The highest BCUT2D eigenvalue weighted by atomic mass is 35.5. The van der Waals surface area contributed by atoms with Crippen LogP contribution in [0.2, 0.25) is 5.15 Å². The first kappa shape index (κ1) is 15.5. The van der Waals surface area contributed by atoms with Gasteiger partial charge in [-0.05, 0) is 23.8 Å². The summed E-state index contributed by atoms with van der Waals surface area (Å²) in [5.41, 5.74) is 1.89. The van der Waals surface area contributed by atoms with Gasteiger partial charge in [-0.25, -0.2) is 0 Å². The molecule has 116 valence electrons. The van der Waals surface area contributed by atoms with Gasteiger partial charge in [0, 0.05) is 11.1 Å². The van der Waals surface area contributed by atoms with Crippen molar-refractivity contribution < 1.29 is 13.2 Å². The van der Waals surface area contributed by atoms with E-state index in [1.54, 1.807) is 6.07 Å². The largest absolute Gasteiger partial charge is 0.416 e. The highest BCUT2D eigenvalue weighted by Crippen LogP contribution is 2.34. The highest BCUT2D eigenvalue weighted by molar-refractivity contribution is 6.29. The molecule has 0 amide bonds. The average molecular weight is 335 g/mol. The van der Waals surface area contributed by atoms with E-state index in [2.05, 4.69) is 10.2 Å². The molecular formula is C17H10ClF3N2. The van der Waals surface area contributed by atoms with Crippen LogP contribution in [-0.4, -0.2) is 10.2 Å². The van der Waals surface area contributed by atoms with Crippen LogP contribution < -0.4 is 0 Å². The van der Waals surface area contributed by atoms with E-state index in [1.165, 1.54) is 12.1 Å². The molecule has 6 heteroatoms. The first-order valence-corrected chi connectivity index (χ1v) is 7.09. The second kappa shape index (κ2) is 6.01. The fourth-order valence-corrected chi connectivity index (χ4v) is 2.38. The third-order valence-electron chi connectivity index (χ3n) is 3.33. The molecule has 0 radical (unpaired) electrons. The molecule has 2 nitrogen and oxygen atoms in total. The van der Waals surface area contributed by atoms with Crippen molar-refractivity contribution in [3.63, 3.8) is 0 Å². The summed E-state index contributed by atoms with van der Waals surface area (Å²) in [6.07, 6.45) is -4.37. The van der Waals surface area contributed by atoms with Crippen LogP contribution in [-0.2, 0) is 6.18 Å². The highest BCUT2D eigenvalue weighted by Gasteiger charge is 2.30. The third-order valence-corrected chi connectivity index (χ3v) is 3.52. The number of rotatable bonds is 2. The molecule has 2 aromatic carbocycles. The molecule has 0 aliphatic carbocycles. The predicted molar refractivity (Wildman–Crippen MR) is 82.9 cm³/mol. The van der Waals surface area contributed by atoms with Crippen LogP contribution in [0, 0.1) is 0 Å². The fraction of sp³-hybridized carbons (Fsp3) is 0.0588. The Bertz CT molecular complexity index is 815. The molecule has 0 saturated heterocycles. The van der Waals surface area contributed by atoms with Crippen LogP contribution in [0.15, 0.2) is 60.7 Å². The number of hydrogen-bond acceptors (Lipinski definition) is 2. The van der Waals surface area contributed by atoms with Gasteiger partial charge in [-0.1, -0.05) is 54.1 Å². The van der Waals surface area contributed by atoms with Gasteiger partial charge in [-0.3, -0.25) is 0 Å². The third kappa shape index (κ3) is 3.35. The smallest absolute Gasteiger partial charge is 0.166 e. The summed E-state index contributed by atoms with van der Waals surface area (Å²) < 4.78 is 38.0. The zero-order valence-corrected chi connectivity index (χ0v) is 12.4. The first-order chi connectivity index (χ1) is 10.9. The van der Waals surface area contributed by atoms with Gasteiger partial charge in [0.1, 0.15) is 5.69 Å². The second-order valence-electron chi connectivity index (χ2n) is 4.87. The summed E-state index contributed by atoms with van der Waals surface area (Å²) in [6.45, 7) is 0. The molecule has 23 heavy (non-hydrogen) atoms. The Labute approximate surface area is 135 Å². The van der Waals surface area contributed by atoms with Crippen molar-refractivity contribution in [2.75, 3.05) is 0 Å². The summed E-state index contributed by atoms with van der Waals surface area (Å²) in [5.74, 6) is 0. The topological polar surface area (TPSA) is 25.8 Å². The van der Waals surface area contributed by atoms with Crippen molar-refractivity contribution in [2.24, 2.45) is 0 Å². The van der Waals surface area contributed by atoms with E-state index in [-0.39, 0.29) is 5.15 Å². The lowest BCUT2D eigenvalue weighted by atomic mass is 9.99. The summed E-state index contributed by atoms with van der Waals surface area (Å²) >= 11 is 5.92. The Morgan fingerprint density at radius 1 is 0.783 bits per heavy atom. The number of alkyl halides is 3. The van der Waals surface area contributed by atoms with Gasteiger partial charge in [-0.2, -0.15) is 13.2 Å². The van der Waals surface area contributed by atoms with Crippen molar-refractivity contribution in [3.05, 3.63) is 71.4 Å². The van der Waals surface area contributed by atoms with Crippen LogP contribution in [0.1, 0.15) is 5.56 Å². The molecule has 0 aliphatic heterocycles. The quantitative estimate of drug-likeness (QED) is 0.620.